The third kappa shape index (κ3) is 5.51. The smallest absolute Gasteiger partial charge is 0.0803 e. The molecule has 0 amide bonds. The second kappa shape index (κ2) is 13.2. The number of nitrogens with zero attached hydrogens (tertiary/aromatic N) is 2. The second-order valence-corrected chi connectivity index (χ2v) is 14.6. The second-order valence-electron chi connectivity index (χ2n) is 14.6. The quantitative estimate of drug-likeness (QED) is 0.163. The fourth-order valence-electron chi connectivity index (χ4n) is 8.37. The Morgan fingerprint density at radius 2 is 0.571 bits per heavy atom. The summed E-state index contributed by atoms with van der Waals surface area (Å²) in [5.74, 6) is 0. The van der Waals surface area contributed by atoms with E-state index in [9.17, 15) is 0 Å². The molecule has 0 aliphatic carbocycles. The lowest BCUT2D eigenvalue weighted by Crippen LogP contribution is -2.10. The van der Waals surface area contributed by atoms with E-state index in [1.165, 1.54) is 65.3 Å². The molecule has 0 spiro atoms. The minimum absolute atomic E-state index is 0.896. The van der Waals surface area contributed by atoms with Crippen LogP contribution >= 0.6 is 0 Å². The third-order valence-electron chi connectivity index (χ3n) is 11.3. The Hall–Kier alpha value is -7.42. The van der Waals surface area contributed by atoms with Gasteiger partial charge in [-0.25, -0.2) is 9.98 Å². The van der Waals surface area contributed by atoms with Crippen molar-refractivity contribution in [3.8, 4) is 22.3 Å². The van der Waals surface area contributed by atoms with E-state index in [2.05, 4.69) is 206 Å². The summed E-state index contributed by atoms with van der Waals surface area (Å²) in [6, 6.07) is 73.9. The molecule has 260 valence electrons. The lowest BCUT2D eigenvalue weighted by molar-refractivity contribution is 1.39. The van der Waals surface area contributed by atoms with Crippen LogP contribution in [0.2, 0.25) is 0 Å². The van der Waals surface area contributed by atoms with Gasteiger partial charge in [0.15, 0.2) is 0 Å². The van der Waals surface area contributed by atoms with E-state index in [1.54, 1.807) is 0 Å². The highest BCUT2D eigenvalue weighted by molar-refractivity contribution is 6.23. The van der Waals surface area contributed by atoms with Gasteiger partial charge in [-0.3, -0.25) is 0 Å². The highest BCUT2D eigenvalue weighted by Gasteiger charge is 2.20. The molecule has 0 atom stereocenters. The average Bonchev–Trinajstić information content (AvgIpc) is 3.27. The summed E-state index contributed by atoms with van der Waals surface area (Å²) < 4.78 is 0. The Balaban J connectivity index is 0.948. The largest absolute Gasteiger partial charge is 0.247 e. The molecular weight excluding hydrogens is 677 g/mol. The van der Waals surface area contributed by atoms with Gasteiger partial charge in [-0.2, -0.15) is 0 Å². The SMILES string of the molecule is c1ccc2c(c1)/N=C(/c1ccc(-c3ccc4c(ccc5ccccc54)c3)cc1)c1ccccc1/N=C\2c1ccc(-c2ccc3c(ccc4ccccc43)c2)cc1. The first-order valence-electron chi connectivity index (χ1n) is 19.1. The van der Waals surface area contributed by atoms with Crippen LogP contribution in [0.3, 0.4) is 0 Å². The van der Waals surface area contributed by atoms with Gasteiger partial charge in [0.2, 0.25) is 0 Å². The molecule has 1 heterocycles. The van der Waals surface area contributed by atoms with Crippen molar-refractivity contribution in [1.29, 1.82) is 0 Å². The van der Waals surface area contributed by atoms with E-state index in [4.69, 9.17) is 9.98 Å². The van der Waals surface area contributed by atoms with Crippen molar-refractivity contribution in [2.75, 3.05) is 0 Å². The van der Waals surface area contributed by atoms with E-state index < -0.39 is 0 Å². The molecule has 0 unspecified atom stereocenters. The van der Waals surface area contributed by atoms with Crippen LogP contribution in [0, 0.1) is 0 Å². The molecule has 0 bridgehead atoms. The van der Waals surface area contributed by atoms with Crippen LogP contribution in [0.1, 0.15) is 22.3 Å². The van der Waals surface area contributed by atoms with Gasteiger partial charge in [0, 0.05) is 22.3 Å². The van der Waals surface area contributed by atoms with E-state index in [-0.39, 0.29) is 0 Å². The first kappa shape index (κ1) is 32.0. The monoisotopic (exact) mass is 710 g/mol. The predicted octanol–water partition coefficient (Wildman–Crippen LogP) is 14.3. The van der Waals surface area contributed by atoms with E-state index in [0.29, 0.717) is 0 Å². The number of fused-ring (bicyclic) bond motifs is 8. The van der Waals surface area contributed by atoms with Crippen LogP contribution in [0.25, 0.3) is 65.3 Å². The molecule has 11 rings (SSSR count). The van der Waals surface area contributed by atoms with Gasteiger partial charge < -0.3 is 0 Å². The zero-order valence-corrected chi connectivity index (χ0v) is 30.5. The van der Waals surface area contributed by atoms with E-state index in [0.717, 1.165) is 45.1 Å². The number of benzene rings is 10. The lowest BCUT2D eigenvalue weighted by atomic mass is 9.93. The molecule has 0 saturated heterocycles. The molecule has 56 heavy (non-hydrogen) atoms. The molecule has 0 N–H and O–H groups in total. The van der Waals surface area contributed by atoms with Gasteiger partial charge in [0.1, 0.15) is 0 Å². The standard InChI is InChI=1S/C54H34N2/c1-3-11-45-37(9-1)21-27-43-33-41(29-31-47(43)45)35-17-23-39(24-18-35)53-49-13-5-7-15-51(49)56-54(50-14-6-8-16-52(50)55-53)40-25-19-36(20-26-40)42-30-32-48-44(34-42)28-22-38-10-2-4-12-46(38)48/h1-34H/b53-49?,54-50?,55-52?,55-53-,56-51?,56-54-. The summed E-state index contributed by atoms with van der Waals surface area (Å²) >= 11 is 0. The molecule has 0 fully saturated rings. The van der Waals surface area contributed by atoms with Crippen molar-refractivity contribution >= 4 is 65.9 Å². The number of hydrogen-bond acceptors (Lipinski definition) is 2. The molecule has 2 nitrogen and oxygen atoms in total. The fraction of sp³-hybridized carbons (Fsp3) is 0. The predicted molar refractivity (Wildman–Crippen MR) is 237 cm³/mol. The topological polar surface area (TPSA) is 24.7 Å². The number of hydrogen-bond donors (Lipinski definition) is 0. The van der Waals surface area contributed by atoms with Crippen molar-refractivity contribution in [1.82, 2.24) is 0 Å². The number of rotatable bonds is 4. The zero-order valence-electron chi connectivity index (χ0n) is 30.5. The summed E-state index contributed by atoms with van der Waals surface area (Å²) in [7, 11) is 0. The van der Waals surface area contributed by atoms with Gasteiger partial charge >= 0.3 is 0 Å². The maximum atomic E-state index is 5.41. The molecule has 0 saturated carbocycles. The molecule has 2 heteroatoms. The van der Waals surface area contributed by atoms with Crippen LogP contribution in [0.15, 0.2) is 216 Å². The maximum Gasteiger partial charge on any atom is 0.0803 e. The molecule has 0 aromatic heterocycles. The molecule has 10 aromatic rings. The zero-order chi connectivity index (χ0) is 37.0. The highest BCUT2D eigenvalue weighted by Crippen LogP contribution is 2.36. The molecule has 10 aromatic carbocycles. The summed E-state index contributed by atoms with van der Waals surface area (Å²) in [5.41, 5.74) is 12.4. The Morgan fingerprint density at radius 1 is 0.232 bits per heavy atom. The van der Waals surface area contributed by atoms with E-state index in [1.807, 2.05) is 0 Å². The Kier molecular flexibility index (Phi) is 7.53. The van der Waals surface area contributed by atoms with Crippen LogP contribution in [-0.2, 0) is 0 Å². The van der Waals surface area contributed by atoms with Crippen molar-refractivity contribution in [2.45, 2.75) is 0 Å². The Morgan fingerprint density at radius 3 is 1.04 bits per heavy atom. The van der Waals surface area contributed by atoms with Gasteiger partial charge in [-0.05, 0) is 89.6 Å². The Bertz CT molecular complexity index is 3000. The first-order valence-corrected chi connectivity index (χ1v) is 19.1. The summed E-state index contributed by atoms with van der Waals surface area (Å²) in [4.78, 5) is 10.8. The molecule has 1 aliphatic rings. The number of aliphatic imine (C=N–C) groups is 2. The average molecular weight is 711 g/mol. The van der Waals surface area contributed by atoms with Gasteiger partial charge in [0.05, 0.1) is 22.8 Å². The summed E-state index contributed by atoms with van der Waals surface area (Å²) in [5, 5.41) is 10.1. The Labute approximate surface area is 325 Å². The van der Waals surface area contributed by atoms with Crippen LogP contribution in [-0.4, -0.2) is 11.4 Å². The van der Waals surface area contributed by atoms with Crippen molar-refractivity contribution < 1.29 is 0 Å². The van der Waals surface area contributed by atoms with Crippen molar-refractivity contribution in [3.05, 3.63) is 229 Å². The fourth-order valence-corrected chi connectivity index (χ4v) is 8.37. The lowest BCUT2D eigenvalue weighted by Gasteiger charge is -2.18. The number of para-hydroxylation sites is 2. The minimum atomic E-state index is 0.896. The highest BCUT2D eigenvalue weighted by atomic mass is 14.8. The first-order chi connectivity index (χ1) is 27.7. The van der Waals surface area contributed by atoms with Gasteiger partial charge in [0.25, 0.3) is 0 Å². The third-order valence-corrected chi connectivity index (χ3v) is 11.3. The normalized spacial score (nSPS) is 14.4. The minimum Gasteiger partial charge on any atom is -0.247 e. The van der Waals surface area contributed by atoms with Crippen molar-refractivity contribution in [2.24, 2.45) is 9.98 Å². The van der Waals surface area contributed by atoms with Gasteiger partial charge in [-0.1, -0.05) is 182 Å². The summed E-state index contributed by atoms with van der Waals surface area (Å²) in [6.45, 7) is 0. The van der Waals surface area contributed by atoms with Gasteiger partial charge in [-0.15, -0.1) is 0 Å². The van der Waals surface area contributed by atoms with E-state index >= 15 is 0 Å². The molecular formula is C54H34N2. The van der Waals surface area contributed by atoms with Crippen LogP contribution in [0.4, 0.5) is 11.4 Å². The van der Waals surface area contributed by atoms with Crippen LogP contribution < -0.4 is 0 Å². The molecule has 0 radical (unpaired) electrons. The van der Waals surface area contributed by atoms with Crippen molar-refractivity contribution in [3.63, 3.8) is 0 Å². The molecule has 1 aliphatic heterocycles. The summed E-state index contributed by atoms with van der Waals surface area (Å²) in [6.07, 6.45) is 0. The maximum absolute atomic E-state index is 5.41. The van der Waals surface area contributed by atoms with Crippen LogP contribution in [0.5, 0.6) is 0 Å².